The highest BCUT2D eigenvalue weighted by Gasteiger charge is 2.21. The smallest absolute Gasteiger partial charge is 0.312 e. The molecule has 4 aromatic rings. The highest BCUT2D eigenvalue weighted by atomic mass is 79.9. The first-order valence-electron chi connectivity index (χ1n) is 12.0. The number of nitrogens with zero attached hydrogens (tertiary/aromatic N) is 4. The van der Waals surface area contributed by atoms with E-state index in [9.17, 15) is 14.9 Å². The van der Waals surface area contributed by atoms with E-state index in [1.165, 1.54) is 24.1 Å². The Balaban J connectivity index is 2.01. The lowest BCUT2D eigenvalue weighted by Crippen LogP contribution is -2.21. The molecule has 0 radical (unpaired) electrons. The van der Waals surface area contributed by atoms with Gasteiger partial charge in [-0.15, -0.1) is 0 Å². The van der Waals surface area contributed by atoms with Gasteiger partial charge in [-0.05, 0) is 61.2 Å². The second-order valence-corrected chi connectivity index (χ2v) is 9.83. The number of hydrogen-bond acceptors (Lipinski definition) is 7. The number of para-hydroxylation sites is 1. The molecule has 0 bridgehead atoms. The summed E-state index contributed by atoms with van der Waals surface area (Å²) in [5, 5.41) is 16.5. The Hall–Kier alpha value is -4.05. The molecule has 0 saturated heterocycles. The van der Waals surface area contributed by atoms with Crippen LogP contribution in [-0.4, -0.2) is 34.5 Å². The maximum atomic E-state index is 13.7. The van der Waals surface area contributed by atoms with Crippen LogP contribution in [0.3, 0.4) is 0 Å². The minimum Gasteiger partial charge on any atom is -0.494 e. The first-order chi connectivity index (χ1) is 18.2. The number of nitro groups is 1. The molecular formula is C28H27BrN4O5. The van der Waals surface area contributed by atoms with Gasteiger partial charge in [-0.2, -0.15) is 9.78 Å². The predicted molar refractivity (Wildman–Crippen MR) is 152 cm³/mol. The Morgan fingerprint density at radius 3 is 2.61 bits per heavy atom. The largest absolute Gasteiger partial charge is 0.494 e. The van der Waals surface area contributed by atoms with Crippen LogP contribution in [0.4, 0.5) is 5.69 Å². The fourth-order valence-corrected chi connectivity index (χ4v) is 4.71. The van der Waals surface area contributed by atoms with E-state index < -0.39 is 4.92 Å². The number of rotatable bonds is 8. The normalized spacial score (nSPS) is 11.4. The van der Waals surface area contributed by atoms with Gasteiger partial charge >= 0.3 is 5.69 Å². The number of benzene rings is 3. The Morgan fingerprint density at radius 1 is 1.21 bits per heavy atom. The molecule has 0 aliphatic heterocycles. The summed E-state index contributed by atoms with van der Waals surface area (Å²) >= 11 is 3.31. The maximum absolute atomic E-state index is 13.7. The van der Waals surface area contributed by atoms with Gasteiger partial charge in [0.2, 0.25) is 5.75 Å². The Kier molecular flexibility index (Phi) is 7.91. The fourth-order valence-electron chi connectivity index (χ4n) is 4.25. The molecule has 0 amide bonds. The zero-order valence-corrected chi connectivity index (χ0v) is 23.3. The van der Waals surface area contributed by atoms with Gasteiger partial charge in [-0.1, -0.05) is 41.9 Å². The number of nitro benzene ring substituents is 1. The lowest BCUT2D eigenvalue weighted by molar-refractivity contribution is -0.385. The van der Waals surface area contributed by atoms with E-state index in [0.717, 1.165) is 22.4 Å². The molecule has 0 saturated carbocycles. The summed E-state index contributed by atoms with van der Waals surface area (Å²) in [4.78, 5) is 29.5. The average Bonchev–Trinajstić information content (AvgIpc) is 2.88. The lowest BCUT2D eigenvalue weighted by Gasteiger charge is -2.18. The number of halogens is 1. The number of ether oxygens (including phenoxy) is 2. The zero-order valence-electron chi connectivity index (χ0n) is 21.7. The van der Waals surface area contributed by atoms with Crippen LogP contribution >= 0.6 is 15.9 Å². The first-order valence-corrected chi connectivity index (χ1v) is 12.8. The van der Waals surface area contributed by atoms with Crippen molar-refractivity contribution in [3.8, 4) is 22.9 Å². The van der Waals surface area contributed by atoms with Crippen LogP contribution in [0.25, 0.3) is 22.3 Å². The van der Waals surface area contributed by atoms with Crippen molar-refractivity contribution in [3.63, 3.8) is 0 Å². The predicted octanol–water partition coefficient (Wildman–Crippen LogP) is 6.46. The van der Waals surface area contributed by atoms with Crippen LogP contribution in [0.2, 0.25) is 0 Å². The molecule has 3 aromatic carbocycles. The van der Waals surface area contributed by atoms with Crippen molar-refractivity contribution in [2.45, 2.75) is 33.6 Å². The molecule has 0 unspecified atom stereocenters. The zero-order chi connectivity index (χ0) is 27.6. The van der Waals surface area contributed by atoms with Crippen molar-refractivity contribution >= 4 is 38.7 Å². The second kappa shape index (κ2) is 11.1. The average molecular weight is 579 g/mol. The van der Waals surface area contributed by atoms with Crippen molar-refractivity contribution in [2.75, 3.05) is 13.7 Å². The van der Waals surface area contributed by atoms with Crippen LogP contribution in [0.1, 0.15) is 43.4 Å². The molecule has 4 rings (SSSR count). The van der Waals surface area contributed by atoms with E-state index >= 15 is 0 Å². The summed E-state index contributed by atoms with van der Waals surface area (Å²) in [6, 6.07) is 14.0. The van der Waals surface area contributed by atoms with E-state index in [0.29, 0.717) is 33.4 Å². The molecule has 1 heterocycles. The molecule has 10 heteroatoms. The molecule has 9 nitrogen and oxygen atoms in total. The van der Waals surface area contributed by atoms with E-state index in [1.54, 1.807) is 24.3 Å². The highest BCUT2D eigenvalue weighted by Crippen LogP contribution is 2.35. The first kappa shape index (κ1) is 27.0. The second-order valence-electron chi connectivity index (χ2n) is 8.91. The Bertz CT molecular complexity index is 1630. The fraction of sp³-hybridized carbons (Fsp3) is 0.250. The monoisotopic (exact) mass is 578 g/mol. The minimum absolute atomic E-state index is 0.0321. The molecule has 0 atom stereocenters. The summed E-state index contributed by atoms with van der Waals surface area (Å²) in [5.74, 6) is 1.32. The van der Waals surface area contributed by atoms with Crippen molar-refractivity contribution < 1.29 is 14.4 Å². The molecule has 0 spiro atoms. The third-order valence-electron chi connectivity index (χ3n) is 6.05. The standard InChI is InChI=1S/C28H27BrN4O5/c1-6-38-25-11-17(4)22(14-21(25)16(2)3)27-31-23-10-8-7-9-20(23)28(34)32(27)30-15-18-12-19(29)13-24(33(35)36)26(18)37-5/h7-16H,6H2,1-5H3. The summed E-state index contributed by atoms with van der Waals surface area (Å²) in [6.07, 6.45) is 1.37. The molecule has 38 heavy (non-hydrogen) atoms. The number of methoxy groups -OCH3 is 1. The highest BCUT2D eigenvalue weighted by molar-refractivity contribution is 9.10. The molecule has 1 aromatic heterocycles. The summed E-state index contributed by atoms with van der Waals surface area (Å²) in [5.41, 5.74) is 2.83. The Morgan fingerprint density at radius 2 is 1.95 bits per heavy atom. The SMILES string of the molecule is CCOc1cc(C)c(-c2nc3ccccc3c(=O)n2N=Cc2cc(Br)cc([N+](=O)[O-])c2OC)cc1C(C)C. The number of aryl methyl sites for hydroxylation is 1. The van der Waals surface area contributed by atoms with Crippen LogP contribution in [0, 0.1) is 17.0 Å². The van der Waals surface area contributed by atoms with Gasteiger partial charge in [-0.25, -0.2) is 4.98 Å². The number of fused-ring (bicyclic) bond motifs is 1. The van der Waals surface area contributed by atoms with Gasteiger partial charge < -0.3 is 9.47 Å². The number of aromatic nitrogens is 2. The van der Waals surface area contributed by atoms with Crippen LogP contribution in [0.15, 0.2) is 62.9 Å². The van der Waals surface area contributed by atoms with Crippen molar-refractivity contribution in [3.05, 3.63) is 90.2 Å². The van der Waals surface area contributed by atoms with Gasteiger partial charge in [-0.3, -0.25) is 14.9 Å². The maximum Gasteiger partial charge on any atom is 0.312 e. The van der Waals surface area contributed by atoms with Crippen LogP contribution in [-0.2, 0) is 0 Å². The van der Waals surface area contributed by atoms with E-state index in [1.807, 2.05) is 32.0 Å². The minimum atomic E-state index is -0.535. The number of hydrogen-bond donors (Lipinski definition) is 0. The summed E-state index contributed by atoms with van der Waals surface area (Å²) in [6.45, 7) is 8.54. The molecule has 0 N–H and O–H groups in total. The lowest BCUT2D eigenvalue weighted by atomic mass is 9.96. The quantitative estimate of drug-likeness (QED) is 0.135. The van der Waals surface area contributed by atoms with E-state index in [-0.39, 0.29) is 22.9 Å². The van der Waals surface area contributed by atoms with Gasteiger partial charge in [0.25, 0.3) is 5.56 Å². The van der Waals surface area contributed by atoms with Gasteiger partial charge in [0.1, 0.15) is 5.75 Å². The van der Waals surface area contributed by atoms with E-state index in [4.69, 9.17) is 14.5 Å². The molecular weight excluding hydrogens is 552 g/mol. The van der Waals surface area contributed by atoms with Crippen molar-refractivity contribution in [1.82, 2.24) is 9.66 Å². The molecule has 0 fully saturated rings. The van der Waals surface area contributed by atoms with Crippen molar-refractivity contribution in [1.29, 1.82) is 0 Å². The third-order valence-corrected chi connectivity index (χ3v) is 6.51. The van der Waals surface area contributed by atoms with E-state index in [2.05, 4.69) is 34.9 Å². The van der Waals surface area contributed by atoms with Crippen LogP contribution in [0.5, 0.6) is 11.5 Å². The summed E-state index contributed by atoms with van der Waals surface area (Å²) < 4.78 is 12.9. The van der Waals surface area contributed by atoms with Gasteiger partial charge in [0.05, 0.1) is 35.8 Å². The van der Waals surface area contributed by atoms with Gasteiger partial charge in [0.15, 0.2) is 5.82 Å². The van der Waals surface area contributed by atoms with Crippen LogP contribution < -0.4 is 15.0 Å². The summed E-state index contributed by atoms with van der Waals surface area (Å²) in [7, 11) is 1.35. The molecule has 0 aliphatic rings. The topological polar surface area (TPSA) is 109 Å². The molecule has 196 valence electrons. The van der Waals surface area contributed by atoms with Gasteiger partial charge in [0, 0.05) is 21.7 Å². The van der Waals surface area contributed by atoms with Crippen molar-refractivity contribution in [2.24, 2.45) is 5.10 Å². The Labute approximate surface area is 228 Å². The third kappa shape index (κ3) is 5.17. The molecule has 0 aliphatic carbocycles.